The van der Waals surface area contributed by atoms with Crippen LogP contribution in [0.25, 0.3) is 0 Å². The van der Waals surface area contributed by atoms with E-state index in [0.717, 1.165) is 56.5 Å². The van der Waals surface area contributed by atoms with Crippen LogP contribution in [0.2, 0.25) is 5.02 Å². The van der Waals surface area contributed by atoms with Gasteiger partial charge in [0.2, 0.25) is 5.91 Å². The highest BCUT2D eigenvalue weighted by molar-refractivity contribution is 6.30. The van der Waals surface area contributed by atoms with Gasteiger partial charge in [-0.15, -0.1) is 0 Å². The van der Waals surface area contributed by atoms with Gasteiger partial charge in [-0.1, -0.05) is 55.1 Å². The molecule has 0 spiro atoms. The highest BCUT2D eigenvalue weighted by Crippen LogP contribution is 2.30. The van der Waals surface area contributed by atoms with Crippen LogP contribution in [0, 0.1) is 5.92 Å². The molecule has 1 aliphatic heterocycles. The van der Waals surface area contributed by atoms with Crippen molar-refractivity contribution in [2.75, 3.05) is 32.7 Å². The monoisotopic (exact) mass is 508 g/mol. The first kappa shape index (κ1) is 26.0. The molecule has 1 saturated heterocycles. The van der Waals surface area contributed by atoms with Crippen LogP contribution in [0.4, 0.5) is 13.2 Å². The minimum atomic E-state index is -4.36. The van der Waals surface area contributed by atoms with Crippen molar-refractivity contribution >= 4 is 17.5 Å². The number of hydrogen-bond donors (Lipinski definition) is 0. The number of amides is 1. The van der Waals surface area contributed by atoms with E-state index in [1.807, 2.05) is 29.2 Å². The molecule has 2 aliphatic rings. The van der Waals surface area contributed by atoms with Crippen LogP contribution in [0.3, 0.4) is 0 Å². The SMILES string of the molecule is O=C(C1CCCCC1)N1CCN(CC(OCc2ccc(C(F)(F)F)cc2)c2ccc(Cl)cc2)CC1. The summed E-state index contributed by atoms with van der Waals surface area (Å²) >= 11 is 6.06. The Morgan fingerprint density at radius 2 is 1.57 bits per heavy atom. The summed E-state index contributed by atoms with van der Waals surface area (Å²) in [6, 6.07) is 12.5. The predicted octanol–water partition coefficient (Wildman–Crippen LogP) is 6.34. The van der Waals surface area contributed by atoms with Crippen molar-refractivity contribution in [1.82, 2.24) is 9.80 Å². The highest BCUT2D eigenvalue weighted by Gasteiger charge is 2.31. The molecule has 4 rings (SSSR count). The van der Waals surface area contributed by atoms with Gasteiger partial charge in [0.05, 0.1) is 18.3 Å². The third-order valence-electron chi connectivity index (χ3n) is 7.04. The van der Waals surface area contributed by atoms with Crippen molar-refractivity contribution in [3.8, 4) is 0 Å². The quantitative estimate of drug-likeness (QED) is 0.437. The van der Waals surface area contributed by atoms with Crippen LogP contribution < -0.4 is 0 Å². The predicted molar refractivity (Wildman–Crippen MR) is 130 cm³/mol. The molecular weight excluding hydrogens is 477 g/mol. The zero-order chi connectivity index (χ0) is 24.8. The summed E-state index contributed by atoms with van der Waals surface area (Å²) in [6.45, 7) is 3.79. The second-order valence-electron chi connectivity index (χ2n) is 9.51. The molecule has 1 unspecified atom stereocenters. The highest BCUT2D eigenvalue weighted by atomic mass is 35.5. The molecule has 2 aromatic carbocycles. The summed E-state index contributed by atoms with van der Waals surface area (Å²) in [5.74, 6) is 0.487. The van der Waals surface area contributed by atoms with E-state index in [1.54, 1.807) is 0 Å². The Morgan fingerprint density at radius 3 is 2.17 bits per heavy atom. The van der Waals surface area contributed by atoms with E-state index in [0.29, 0.717) is 36.1 Å². The maximum absolute atomic E-state index is 12.9. The number of nitrogens with zero attached hydrogens (tertiary/aromatic N) is 2. The van der Waals surface area contributed by atoms with Crippen molar-refractivity contribution in [3.05, 3.63) is 70.2 Å². The van der Waals surface area contributed by atoms with Gasteiger partial charge in [-0.05, 0) is 48.2 Å². The summed E-state index contributed by atoms with van der Waals surface area (Å²) in [7, 11) is 0. The molecule has 0 bridgehead atoms. The fourth-order valence-electron chi connectivity index (χ4n) is 4.91. The standard InChI is InChI=1S/C27H32ClF3N2O2/c28-24-12-8-21(9-13-24)25(35-19-20-6-10-23(11-7-20)27(29,30)31)18-32-14-16-33(17-15-32)26(34)22-4-2-1-3-5-22/h6-13,22,25H,1-5,14-19H2. The van der Waals surface area contributed by atoms with Crippen LogP contribution in [0.15, 0.2) is 48.5 Å². The normalized spacial score (nSPS) is 19.0. The Kier molecular flexibility index (Phi) is 8.73. The van der Waals surface area contributed by atoms with Crippen LogP contribution >= 0.6 is 11.6 Å². The Morgan fingerprint density at radius 1 is 0.943 bits per heavy atom. The molecule has 1 heterocycles. The van der Waals surface area contributed by atoms with Gasteiger partial charge in [0, 0.05) is 43.7 Å². The van der Waals surface area contributed by atoms with Crippen LogP contribution in [0.5, 0.6) is 0 Å². The number of alkyl halides is 3. The molecule has 0 aromatic heterocycles. The van der Waals surface area contributed by atoms with Gasteiger partial charge in [-0.25, -0.2) is 0 Å². The second-order valence-corrected chi connectivity index (χ2v) is 9.94. The van der Waals surface area contributed by atoms with Crippen molar-refractivity contribution < 1.29 is 22.7 Å². The van der Waals surface area contributed by atoms with E-state index in [9.17, 15) is 18.0 Å². The summed E-state index contributed by atoms with van der Waals surface area (Å²) < 4.78 is 44.8. The Hall–Kier alpha value is -2.09. The first-order valence-electron chi connectivity index (χ1n) is 12.3. The lowest BCUT2D eigenvalue weighted by atomic mass is 9.88. The summed E-state index contributed by atoms with van der Waals surface area (Å²) in [5.41, 5.74) is 0.970. The fraction of sp³-hybridized carbons (Fsp3) is 0.519. The molecule has 2 fully saturated rings. The van der Waals surface area contributed by atoms with Crippen LogP contribution in [-0.4, -0.2) is 48.4 Å². The minimum Gasteiger partial charge on any atom is -0.368 e. The molecule has 8 heteroatoms. The Labute approximate surface area is 210 Å². The fourth-order valence-corrected chi connectivity index (χ4v) is 5.04. The zero-order valence-electron chi connectivity index (χ0n) is 19.8. The zero-order valence-corrected chi connectivity index (χ0v) is 20.5. The molecule has 190 valence electrons. The van der Waals surface area contributed by atoms with Crippen molar-refractivity contribution in [3.63, 3.8) is 0 Å². The number of ether oxygens (including phenoxy) is 1. The van der Waals surface area contributed by atoms with E-state index < -0.39 is 11.7 Å². The minimum absolute atomic E-state index is 0.184. The largest absolute Gasteiger partial charge is 0.416 e. The molecule has 1 atom stereocenters. The number of piperazine rings is 1. The second kappa shape index (κ2) is 11.8. The lowest BCUT2D eigenvalue weighted by Gasteiger charge is -2.38. The van der Waals surface area contributed by atoms with Crippen LogP contribution in [0.1, 0.15) is 54.9 Å². The summed E-state index contributed by atoms with van der Waals surface area (Å²) in [6.07, 6.45) is 0.924. The molecule has 1 saturated carbocycles. The van der Waals surface area contributed by atoms with E-state index in [-0.39, 0.29) is 18.6 Å². The number of benzene rings is 2. The molecule has 35 heavy (non-hydrogen) atoms. The first-order chi connectivity index (χ1) is 16.8. The molecule has 4 nitrogen and oxygen atoms in total. The van der Waals surface area contributed by atoms with Gasteiger partial charge < -0.3 is 9.64 Å². The smallest absolute Gasteiger partial charge is 0.368 e. The van der Waals surface area contributed by atoms with Gasteiger partial charge in [-0.3, -0.25) is 9.69 Å². The summed E-state index contributed by atoms with van der Waals surface area (Å²) in [5, 5.41) is 0.630. The summed E-state index contributed by atoms with van der Waals surface area (Å²) in [4.78, 5) is 17.2. The third kappa shape index (κ3) is 7.21. The number of halogens is 4. The van der Waals surface area contributed by atoms with Crippen molar-refractivity contribution in [2.24, 2.45) is 5.92 Å². The Bertz CT molecular complexity index is 952. The van der Waals surface area contributed by atoms with Gasteiger partial charge in [0.25, 0.3) is 0 Å². The molecule has 0 radical (unpaired) electrons. The Balaban J connectivity index is 1.35. The van der Waals surface area contributed by atoms with E-state index in [1.165, 1.54) is 18.6 Å². The molecule has 2 aromatic rings. The van der Waals surface area contributed by atoms with E-state index >= 15 is 0 Å². The van der Waals surface area contributed by atoms with Gasteiger partial charge >= 0.3 is 6.18 Å². The van der Waals surface area contributed by atoms with Gasteiger partial charge in [0.15, 0.2) is 0 Å². The molecule has 0 N–H and O–H groups in total. The number of rotatable bonds is 7. The van der Waals surface area contributed by atoms with Crippen molar-refractivity contribution in [2.45, 2.75) is 51.0 Å². The van der Waals surface area contributed by atoms with Gasteiger partial charge in [0.1, 0.15) is 0 Å². The van der Waals surface area contributed by atoms with Crippen LogP contribution in [-0.2, 0) is 22.3 Å². The third-order valence-corrected chi connectivity index (χ3v) is 7.29. The van der Waals surface area contributed by atoms with Gasteiger partial charge in [-0.2, -0.15) is 13.2 Å². The maximum Gasteiger partial charge on any atom is 0.416 e. The lowest BCUT2D eigenvalue weighted by Crippen LogP contribution is -2.51. The van der Waals surface area contributed by atoms with E-state index in [2.05, 4.69) is 4.90 Å². The topological polar surface area (TPSA) is 32.8 Å². The number of carbonyl (C=O) groups is 1. The van der Waals surface area contributed by atoms with E-state index in [4.69, 9.17) is 16.3 Å². The number of hydrogen-bond acceptors (Lipinski definition) is 3. The first-order valence-corrected chi connectivity index (χ1v) is 12.7. The lowest BCUT2D eigenvalue weighted by molar-refractivity contribution is -0.139. The molecular formula is C27H32ClF3N2O2. The average Bonchev–Trinajstić information content (AvgIpc) is 2.87. The van der Waals surface area contributed by atoms with Crippen molar-refractivity contribution in [1.29, 1.82) is 0 Å². The molecule has 1 amide bonds. The number of carbonyl (C=O) groups excluding carboxylic acids is 1. The average molecular weight is 509 g/mol. The maximum atomic E-state index is 12.9. The molecule has 1 aliphatic carbocycles.